The number of nitro groups is 1. The molecular weight excluding hydrogens is 388 g/mol. The predicted octanol–water partition coefficient (Wildman–Crippen LogP) is 2.02. The van der Waals surface area contributed by atoms with Crippen molar-refractivity contribution < 1.29 is 14.5 Å². The van der Waals surface area contributed by atoms with Gasteiger partial charge in [-0.2, -0.15) is 5.10 Å². The number of nitrogens with two attached hydrogens (primary N) is 1. The van der Waals surface area contributed by atoms with Crippen LogP contribution in [0.1, 0.15) is 58.0 Å². The fourth-order valence-electron chi connectivity index (χ4n) is 3.95. The van der Waals surface area contributed by atoms with Crippen LogP contribution in [-0.2, 0) is 7.05 Å². The van der Waals surface area contributed by atoms with Crippen LogP contribution in [0.3, 0.4) is 0 Å². The Bertz CT molecular complexity index is 1010. The molecule has 0 unspecified atom stereocenters. The first-order chi connectivity index (χ1) is 14.3. The number of nitrogens with zero attached hydrogens (tertiary/aromatic N) is 4. The molecule has 2 heterocycles. The van der Waals surface area contributed by atoms with Gasteiger partial charge in [0.1, 0.15) is 5.69 Å². The highest BCUT2D eigenvalue weighted by molar-refractivity contribution is 5.96. The quantitative estimate of drug-likeness (QED) is 0.550. The Hall–Kier alpha value is -3.43. The number of rotatable bonds is 6. The number of carbonyl (C=O) groups is 2. The van der Waals surface area contributed by atoms with Gasteiger partial charge in [0.15, 0.2) is 0 Å². The minimum absolute atomic E-state index is 0.0953. The summed E-state index contributed by atoms with van der Waals surface area (Å²) in [7, 11) is 1.72. The summed E-state index contributed by atoms with van der Waals surface area (Å²) in [6.45, 7) is 0.927. The number of carbonyl (C=O) groups excluding carboxylic acids is 2. The minimum Gasteiger partial charge on any atom is -0.377 e. The summed E-state index contributed by atoms with van der Waals surface area (Å²) in [5, 5.41) is 19.0. The Morgan fingerprint density at radius 1 is 1.30 bits per heavy atom. The number of hydrogen-bond donors (Lipinski definition) is 2. The molecule has 0 spiro atoms. The second-order valence-electron chi connectivity index (χ2n) is 7.96. The second kappa shape index (κ2) is 7.77. The number of primary amides is 1. The predicted molar refractivity (Wildman–Crippen MR) is 109 cm³/mol. The van der Waals surface area contributed by atoms with Crippen LogP contribution >= 0.6 is 0 Å². The van der Waals surface area contributed by atoms with Gasteiger partial charge in [-0.1, -0.05) is 0 Å². The molecule has 10 heteroatoms. The minimum atomic E-state index is -0.545. The normalized spacial score (nSPS) is 18.8. The van der Waals surface area contributed by atoms with Crippen molar-refractivity contribution in [2.45, 2.75) is 37.6 Å². The van der Waals surface area contributed by atoms with E-state index in [0.29, 0.717) is 30.0 Å². The first-order valence-electron chi connectivity index (χ1n) is 10.0. The smallest absolute Gasteiger partial charge is 0.293 e. The zero-order valence-electron chi connectivity index (χ0n) is 16.7. The Balaban J connectivity index is 1.55. The molecule has 2 aromatic rings. The van der Waals surface area contributed by atoms with Crippen molar-refractivity contribution >= 4 is 23.2 Å². The second-order valence-corrected chi connectivity index (χ2v) is 7.96. The number of hydrogen-bond acceptors (Lipinski definition) is 6. The molecule has 1 aromatic carbocycles. The number of aromatic nitrogens is 2. The molecule has 2 aliphatic rings. The molecule has 1 atom stereocenters. The molecule has 1 saturated heterocycles. The summed E-state index contributed by atoms with van der Waals surface area (Å²) in [5.41, 5.74) is 7.06. The summed E-state index contributed by atoms with van der Waals surface area (Å²) < 4.78 is 1.55. The van der Waals surface area contributed by atoms with Gasteiger partial charge < -0.3 is 16.0 Å². The fourth-order valence-corrected chi connectivity index (χ4v) is 3.95. The van der Waals surface area contributed by atoms with Crippen molar-refractivity contribution in [1.29, 1.82) is 0 Å². The molecule has 3 N–H and O–H groups in total. The lowest BCUT2D eigenvalue weighted by molar-refractivity contribution is -0.384. The van der Waals surface area contributed by atoms with Crippen molar-refractivity contribution in [3.63, 3.8) is 0 Å². The molecular formula is C20H24N6O4. The third-order valence-corrected chi connectivity index (χ3v) is 5.60. The van der Waals surface area contributed by atoms with Gasteiger partial charge in [0.05, 0.1) is 16.2 Å². The van der Waals surface area contributed by atoms with Gasteiger partial charge in [-0.25, -0.2) is 0 Å². The maximum Gasteiger partial charge on any atom is 0.293 e. The molecule has 2 fully saturated rings. The molecule has 0 bridgehead atoms. The van der Waals surface area contributed by atoms with E-state index in [2.05, 4.69) is 10.4 Å². The Labute approximate surface area is 173 Å². The van der Waals surface area contributed by atoms with Crippen LogP contribution in [0.5, 0.6) is 0 Å². The monoisotopic (exact) mass is 412 g/mol. The number of anilines is 1. The van der Waals surface area contributed by atoms with Gasteiger partial charge in [-0.05, 0) is 37.8 Å². The van der Waals surface area contributed by atoms with E-state index in [0.717, 1.165) is 25.7 Å². The van der Waals surface area contributed by atoms with Gasteiger partial charge in [-0.15, -0.1) is 0 Å². The lowest BCUT2D eigenvalue weighted by atomic mass is 9.92. The van der Waals surface area contributed by atoms with Crippen LogP contribution in [0.15, 0.2) is 24.4 Å². The highest BCUT2D eigenvalue weighted by Crippen LogP contribution is 2.33. The van der Waals surface area contributed by atoms with Crippen molar-refractivity contribution in [3.8, 4) is 0 Å². The zero-order valence-corrected chi connectivity index (χ0v) is 16.7. The van der Waals surface area contributed by atoms with E-state index in [-0.39, 0.29) is 29.1 Å². The fraction of sp³-hybridized carbons (Fsp3) is 0.450. The average Bonchev–Trinajstić information content (AvgIpc) is 3.45. The van der Waals surface area contributed by atoms with E-state index in [9.17, 15) is 19.7 Å². The SMILES string of the molecule is Cn1cc(C(N)=O)c([C@@H]2CCCN(C(=O)c3ccc(NC4CC4)c([N+](=O)[O-])c3)C2)n1. The van der Waals surface area contributed by atoms with Crippen LogP contribution in [0.2, 0.25) is 0 Å². The Morgan fingerprint density at radius 2 is 2.07 bits per heavy atom. The van der Waals surface area contributed by atoms with Crippen LogP contribution in [-0.4, -0.2) is 50.5 Å². The number of nitro benzene ring substituents is 1. The standard InChI is InChI=1S/C20H24N6O4/c1-24-11-15(19(21)27)18(23-24)13-3-2-8-25(10-13)20(28)12-4-7-16(22-14-5-6-14)17(9-12)26(29)30/h4,7,9,11,13-14,22H,2-3,5-6,8,10H2,1H3,(H2,21,27)/t13-/m1/s1. The highest BCUT2D eigenvalue weighted by atomic mass is 16.6. The molecule has 158 valence electrons. The largest absolute Gasteiger partial charge is 0.377 e. The molecule has 0 radical (unpaired) electrons. The molecule has 1 aromatic heterocycles. The summed E-state index contributed by atoms with van der Waals surface area (Å²) in [5.74, 6) is -0.926. The van der Waals surface area contributed by atoms with Crippen LogP contribution in [0.25, 0.3) is 0 Å². The van der Waals surface area contributed by atoms with Crippen LogP contribution < -0.4 is 11.1 Å². The number of benzene rings is 1. The van der Waals surface area contributed by atoms with E-state index in [4.69, 9.17) is 5.73 Å². The molecule has 10 nitrogen and oxygen atoms in total. The molecule has 30 heavy (non-hydrogen) atoms. The molecule has 1 aliphatic carbocycles. The van der Waals surface area contributed by atoms with E-state index >= 15 is 0 Å². The van der Waals surface area contributed by atoms with E-state index in [1.165, 1.54) is 6.07 Å². The number of nitrogens with one attached hydrogen (secondary N) is 1. The third-order valence-electron chi connectivity index (χ3n) is 5.60. The molecule has 1 saturated carbocycles. The Morgan fingerprint density at radius 3 is 2.73 bits per heavy atom. The maximum absolute atomic E-state index is 13.1. The van der Waals surface area contributed by atoms with Gasteiger partial charge in [-0.3, -0.25) is 24.4 Å². The average molecular weight is 412 g/mol. The first kappa shape index (κ1) is 19.9. The number of aryl methyl sites for hydroxylation is 1. The lowest BCUT2D eigenvalue weighted by Crippen LogP contribution is -2.39. The van der Waals surface area contributed by atoms with Crippen molar-refractivity contribution in [2.24, 2.45) is 12.8 Å². The van der Waals surface area contributed by atoms with E-state index in [1.54, 1.807) is 35.0 Å². The van der Waals surface area contributed by atoms with Crippen LogP contribution in [0.4, 0.5) is 11.4 Å². The van der Waals surface area contributed by atoms with Crippen LogP contribution in [0, 0.1) is 10.1 Å². The molecule has 2 amide bonds. The Kier molecular flexibility index (Phi) is 5.15. The van der Waals surface area contributed by atoms with Crippen molar-refractivity contribution in [1.82, 2.24) is 14.7 Å². The zero-order chi connectivity index (χ0) is 21.4. The first-order valence-corrected chi connectivity index (χ1v) is 10.0. The van der Waals surface area contributed by atoms with E-state index < -0.39 is 10.8 Å². The third kappa shape index (κ3) is 3.98. The number of piperidine rings is 1. The van der Waals surface area contributed by atoms with Crippen molar-refractivity contribution in [2.75, 3.05) is 18.4 Å². The van der Waals surface area contributed by atoms with Gasteiger partial charge in [0.2, 0.25) is 0 Å². The van der Waals surface area contributed by atoms with Gasteiger partial charge in [0.25, 0.3) is 17.5 Å². The maximum atomic E-state index is 13.1. The van der Waals surface area contributed by atoms with Gasteiger partial charge >= 0.3 is 0 Å². The summed E-state index contributed by atoms with van der Waals surface area (Å²) >= 11 is 0. The van der Waals surface area contributed by atoms with Crippen molar-refractivity contribution in [3.05, 3.63) is 51.3 Å². The van der Waals surface area contributed by atoms with E-state index in [1.807, 2.05) is 0 Å². The lowest BCUT2D eigenvalue weighted by Gasteiger charge is -2.32. The number of amides is 2. The summed E-state index contributed by atoms with van der Waals surface area (Å²) in [4.78, 5) is 37.5. The molecule has 4 rings (SSSR count). The summed E-state index contributed by atoms with van der Waals surface area (Å²) in [6, 6.07) is 4.84. The highest BCUT2D eigenvalue weighted by Gasteiger charge is 2.31. The van der Waals surface area contributed by atoms with Gasteiger partial charge in [0, 0.05) is 49.9 Å². The topological polar surface area (TPSA) is 136 Å². The molecule has 1 aliphatic heterocycles. The number of likely N-dealkylation sites (tertiary alicyclic amines) is 1. The summed E-state index contributed by atoms with van der Waals surface area (Å²) in [6.07, 6.45) is 5.11.